The molecule has 0 aromatic carbocycles. The highest BCUT2D eigenvalue weighted by Crippen LogP contribution is 2.35. The van der Waals surface area contributed by atoms with E-state index in [9.17, 15) is 9.59 Å². The van der Waals surface area contributed by atoms with E-state index < -0.39 is 0 Å². The zero-order valence-corrected chi connectivity index (χ0v) is 17.3. The summed E-state index contributed by atoms with van der Waals surface area (Å²) < 4.78 is 1.60. The zero-order valence-electron chi connectivity index (χ0n) is 15.7. The van der Waals surface area contributed by atoms with Crippen molar-refractivity contribution in [3.63, 3.8) is 0 Å². The van der Waals surface area contributed by atoms with Crippen LogP contribution < -0.4 is 10.9 Å². The molecule has 0 saturated carbocycles. The average molecular weight is 404 g/mol. The second-order valence-electron chi connectivity index (χ2n) is 7.29. The monoisotopic (exact) mass is 403 g/mol. The van der Waals surface area contributed by atoms with Crippen molar-refractivity contribution in [1.82, 2.24) is 14.9 Å². The van der Waals surface area contributed by atoms with Gasteiger partial charge in [0.1, 0.15) is 4.83 Å². The minimum absolute atomic E-state index is 0.000528. The maximum Gasteiger partial charge on any atom is 0.262 e. The molecule has 0 bridgehead atoms. The lowest BCUT2D eigenvalue weighted by atomic mass is 9.97. The van der Waals surface area contributed by atoms with Crippen LogP contribution in [0.15, 0.2) is 21.6 Å². The number of rotatable bonds is 6. The van der Waals surface area contributed by atoms with E-state index in [1.54, 1.807) is 23.0 Å². The largest absolute Gasteiger partial charge is 0.355 e. The first-order chi connectivity index (χ1) is 13.1. The Morgan fingerprint density at radius 2 is 2.19 bits per heavy atom. The van der Waals surface area contributed by atoms with Crippen LogP contribution >= 0.6 is 23.1 Å². The fourth-order valence-corrected chi connectivity index (χ4v) is 6.01. The number of nitrogens with one attached hydrogen (secondary N) is 1. The minimum atomic E-state index is -0.000528. The first-order valence-corrected chi connectivity index (χ1v) is 11.5. The summed E-state index contributed by atoms with van der Waals surface area (Å²) in [5.74, 6) is 0.287. The number of thioether (sulfide) groups is 1. The van der Waals surface area contributed by atoms with Crippen molar-refractivity contribution in [3.05, 3.63) is 32.4 Å². The molecule has 0 fully saturated rings. The predicted octanol–water partition coefficient (Wildman–Crippen LogP) is 3.58. The number of carbonyl (C=O) groups excluding carboxylic acids is 1. The molecule has 0 spiro atoms. The third-order valence-corrected chi connectivity index (χ3v) is 7.61. The molecule has 1 amide bonds. The smallest absolute Gasteiger partial charge is 0.262 e. The van der Waals surface area contributed by atoms with Crippen LogP contribution in [0.1, 0.15) is 49.0 Å². The van der Waals surface area contributed by atoms with Gasteiger partial charge in [-0.25, -0.2) is 4.98 Å². The summed E-state index contributed by atoms with van der Waals surface area (Å²) in [6.07, 6.45) is 11.3. The summed E-state index contributed by atoms with van der Waals surface area (Å²) in [6.45, 7) is 0.689. The van der Waals surface area contributed by atoms with E-state index in [4.69, 9.17) is 0 Å². The van der Waals surface area contributed by atoms with Crippen LogP contribution in [0.3, 0.4) is 0 Å². The van der Waals surface area contributed by atoms with Crippen LogP contribution in [-0.2, 0) is 24.7 Å². The highest BCUT2D eigenvalue weighted by Gasteiger charge is 2.22. The van der Waals surface area contributed by atoms with Gasteiger partial charge in [0.05, 0.1) is 11.1 Å². The van der Waals surface area contributed by atoms with Gasteiger partial charge < -0.3 is 5.32 Å². The number of amides is 1. The molecule has 0 aliphatic heterocycles. The Kier molecular flexibility index (Phi) is 5.68. The van der Waals surface area contributed by atoms with Crippen molar-refractivity contribution in [1.29, 1.82) is 0 Å². The van der Waals surface area contributed by atoms with E-state index >= 15 is 0 Å². The first-order valence-electron chi connectivity index (χ1n) is 9.72. The Morgan fingerprint density at radius 1 is 1.30 bits per heavy atom. The summed E-state index contributed by atoms with van der Waals surface area (Å²) in [7, 11) is 1.75. The summed E-state index contributed by atoms with van der Waals surface area (Å²) in [5, 5.41) is 4.41. The van der Waals surface area contributed by atoms with Gasteiger partial charge in [-0.3, -0.25) is 14.2 Å². The molecular formula is C20H25N3O2S2. The van der Waals surface area contributed by atoms with E-state index in [0.29, 0.717) is 11.7 Å². The lowest BCUT2D eigenvalue weighted by Gasteiger charge is -2.13. The normalized spacial score (nSPS) is 16.4. The molecule has 144 valence electrons. The van der Waals surface area contributed by atoms with Gasteiger partial charge in [0.15, 0.2) is 5.16 Å². The summed E-state index contributed by atoms with van der Waals surface area (Å²) in [5.41, 5.74) is 2.69. The van der Waals surface area contributed by atoms with Gasteiger partial charge in [-0.05, 0) is 56.9 Å². The molecule has 7 heteroatoms. The lowest BCUT2D eigenvalue weighted by molar-refractivity contribution is -0.118. The topological polar surface area (TPSA) is 64.0 Å². The third kappa shape index (κ3) is 3.99. The number of aryl methyl sites for hydroxylation is 2. The minimum Gasteiger partial charge on any atom is -0.355 e. The zero-order chi connectivity index (χ0) is 18.8. The predicted molar refractivity (Wildman–Crippen MR) is 112 cm³/mol. The molecule has 0 unspecified atom stereocenters. The second-order valence-corrected chi connectivity index (χ2v) is 9.32. The molecule has 2 heterocycles. The molecule has 0 atom stereocenters. The maximum atomic E-state index is 12.8. The SMILES string of the molecule is Cn1c(SCC(=O)NCCC2=CCCCC2)nc2sc3c(c2c1=O)CCC3. The van der Waals surface area contributed by atoms with Crippen molar-refractivity contribution in [2.45, 2.75) is 56.5 Å². The molecule has 2 aromatic heterocycles. The van der Waals surface area contributed by atoms with Crippen LogP contribution in [0, 0.1) is 0 Å². The molecule has 1 N–H and O–H groups in total. The Hall–Kier alpha value is -1.60. The number of hydrogen-bond donors (Lipinski definition) is 1. The molecule has 4 rings (SSSR count). The number of aromatic nitrogens is 2. The van der Waals surface area contributed by atoms with Gasteiger partial charge in [-0.2, -0.15) is 0 Å². The fourth-order valence-electron chi connectivity index (χ4n) is 3.91. The second kappa shape index (κ2) is 8.19. The van der Waals surface area contributed by atoms with E-state index in [0.717, 1.165) is 35.9 Å². The van der Waals surface area contributed by atoms with Gasteiger partial charge >= 0.3 is 0 Å². The highest BCUT2D eigenvalue weighted by molar-refractivity contribution is 7.99. The summed E-state index contributed by atoms with van der Waals surface area (Å²) in [4.78, 5) is 31.8. The first kappa shape index (κ1) is 18.7. The van der Waals surface area contributed by atoms with Crippen LogP contribution in [0.2, 0.25) is 0 Å². The average Bonchev–Trinajstić information content (AvgIpc) is 3.25. The van der Waals surface area contributed by atoms with Crippen molar-refractivity contribution >= 4 is 39.2 Å². The molecular weight excluding hydrogens is 378 g/mol. The highest BCUT2D eigenvalue weighted by atomic mass is 32.2. The summed E-state index contributed by atoms with van der Waals surface area (Å²) >= 11 is 2.99. The molecule has 5 nitrogen and oxygen atoms in total. The van der Waals surface area contributed by atoms with Crippen molar-refractivity contribution in [2.75, 3.05) is 12.3 Å². The van der Waals surface area contributed by atoms with Gasteiger partial charge in [0.25, 0.3) is 5.56 Å². The van der Waals surface area contributed by atoms with Crippen LogP contribution in [0.4, 0.5) is 0 Å². The number of thiophene rings is 1. The number of fused-ring (bicyclic) bond motifs is 3. The Balaban J connectivity index is 1.37. The molecule has 0 radical (unpaired) electrons. The summed E-state index contributed by atoms with van der Waals surface area (Å²) in [6, 6.07) is 0. The Labute approximate surface area is 167 Å². The quantitative estimate of drug-likeness (QED) is 0.455. The molecule has 0 saturated heterocycles. The van der Waals surface area contributed by atoms with Gasteiger partial charge in [-0.1, -0.05) is 23.4 Å². The fraction of sp³-hybridized carbons (Fsp3) is 0.550. The molecule has 2 aliphatic rings. The Morgan fingerprint density at radius 3 is 3.00 bits per heavy atom. The number of allylic oxidation sites excluding steroid dienone is 1. The van der Waals surface area contributed by atoms with Crippen LogP contribution in [0.5, 0.6) is 0 Å². The molecule has 2 aromatic rings. The van der Waals surface area contributed by atoms with Crippen LogP contribution in [-0.4, -0.2) is 27.8 Å². The van der Waals surface area contributed by atoms with Gasteiger partial charge in [0.2, 0.25) is 5.91 Å². The van der Waals surface area contributed by atoms with Gasteiger partial charge in [-0.15, -0.1) is 11.3 Å². The van der Waals surface area contributed by atoms with Crippen molar-refractivity contribution in [3.8, 4) is 0 Å². The van der Waals surface area contributed by atoms with E-state index in [1.165, 1.54) is 53.5 Å². The Bertz CT molecular complexity index is 958. The molecule has 2 aliphatic carbocycles. The van der Waals surface area contributed by atoms with Crippen LogP contribution in [0.25, 0.3) is 10.2 Å². The van der Waals surface area contributed by atoms with Crippen molar-refractivity contribution in [2.24, 2.45) is 7.05 Å². The van der Waals surface area contributed by atoms with Gasteiger partial charge in [0, 0.05) is 18.5 Å². The number of nitrogens with zero attached hydrogens (tertiary/aromatic N) is 2. The number of hydrogen-bond acceptors (Lipinski definition) is 5. The maximum absolute atomic E-state index is 12.8. The van der Waals surface area contributed by atoms with E-state index in [1.807, 2.05) is 0 Å². The lowest BCUT2D eigenvalue weighted by Crippen LogP contribution is -2.27. The standard InChI is InChI=1S/C20H25N3O2S2/c1-23-19(25)17-14-8-5-9-15(14)27-18(17)22-20(23)26-12-16(24)21-11-10-13-6-3-2-4-7-13/h6H,2-5,7-12H2,1H3,(H,21,24). The van der Waals surface area contributed by atoms with E-state index in [-0.39, 0.29) is 17.2 Å². The van der Waals surface area contributed by atoms with Crippen molar-refractivity contribution < 1.29 is 4.79 Å². The third-order valence-electron chi connectivity index (χ3n) is 5.39. The number of carbonyl (C=O) groups is 1. The molecule has 27 heavy (non-hydrogen) atoms. The van der Waals surface area contributed by atoms with E-state index in [2.05, 4.69) is 16.4 Å².